The van der Waals surface area contributed by atoms with Gasteiger partial charge in [-0.25, -0.2) is 8.78 Å². The van der Waals surface area contributed by atoms with Crippen molar-refractivity contribution in [3.05, 3.63) is 83.1 Å². The van der Waals surface area contributed by atoms with Gasteiger partial charge in [-0.1, -0.05) is 56.2 Å². The molecule has 0 bridgehead atoms. The van der Waals surface area contributed by atoms with Crippen LogP contribution in [0.3, 0.4) is 0 Å². The maximum absolute atomic E-state index is 17.0. The fourth-order valence-corrected chi connectivity index (χ4v) is 9.83. The second-order valence-corrected chi connectivity index (χ2v) is 18.2. The number of pyridine rings is 1. The normalized spacial score (nSPS) is 20.3. The predicted molar refractivity (Wildman–Crippen MR) is 243 cm³/mol. The molecule has 4 fully saturated rings. The van der Waals surface area contributed by atoms with Crippen molar-refractivity contribution < 1.29 is 27.9 Å². The van der Waals surface area contributed by atoms with E-state index in [1.165, 1.54) is 6.07 Å². The Morgan fingerprint density at radius 3 is 2.55 bits per heavy atom. The van der Waals surface area contributed by atoms with Crippen molar-refractivity contribution in [3.63, 3.8) is 0 Å². The molecule has 12 nitrogen and oxygen atoms in total. The summed E-state index contributed by atoms with van der Waals surface area (Å²) in [6.45, 7) is 13.1. The molecule has 1 N–H and O–H groups in total. The number of anilines is 2. The van der Waals surface area contributed by atoms with E-state index in [-0.39, 0.29) is 52.9 Å². The van der Waals surface area contributed by atoms with Gasteiger partial charge in [-0.15, -0.1) is 6.42 Å². The highest BCUT2D eigenvalue weighted by molar-refractivity contribution is 6.07. The van der Waals surface area contributed by atoms with Gasteiger partial charge in [-0.3, -0.25) is 34.5 Å². The molecule has 0 radical (unpaired) electrons. The average Bonchev–Trinajstić information content (AvgIpc) is 4.06. The maximum atomic E-state index is 17.0. The Labute approximate surface area is 372 Å². The van der Waals surface area contributed by atoms with Crippen LogP contribution < -0.4 is 19.9 Å². The molecule has 0 spiro atoms. The van der Waals surface area contributed by atoms with Crippen molar-refractivity contribution >= 4 is 50.9 Å². The standard InChI is InChI=1S/C50H54F2N8O4/c1-5-35-38(51)14-13-34-10-7-11-36(43(34)35)45-44(52)46-37(26-53-45)47(59-20-8-9-31(3)27-59)56-49(55-46)64-30-50(18-19-50)29-58-23-21-57(22-24-58)28-33-12-15-39(32(4)25-33)60(42(62)6-2)40-16-17-41(61)54-48(40)63/h1,7,10-15,25-26,31,40H,6,8-9,16-24,27-30H2,2-4H3,(H,54,61,63). The molecule has 3 saturated heterocycles. The topological polar surface area (TPSA) is 124 Å². The lowest BCUT2D eigenvalue weighted by molar-refractivity contribution is -0.135. The summed E-state index contributed by atoms with van der Waals surface area (Å²) in [5.41, 5.74) is 3.27. The summed E-state index contributed by atoms with van der Waals surface area (Å²) in [6.07, 6.45) is 12.3. The van der Waals surface area contributed by atoms with E-state index >= 15 is 4.39 Å². The number of ether oxygens (including phenoxy) is 1. The summed E-state index contributed by atoms with van der Waals surface area (Å²) in [5.74, 6) is 1.41. The van der Waals surface area contributed by atoms with Gasteiger partial charge >= 0.3 is 6.01 Å². The number of carbonyl (C=O) groups is 3. The van der Waals surface area contributed by atoms with Crippen LogP contribution in [0, 0.1) is 42.2 Å². The number of carbonyl (C=O) groups excluding carboxylic acids is 3. The summed E-state index contributed by atoms with van der Waals surface area (Å²) in [5, 5.41) is 4.00. The first-order valence-corrected chi connectivity index (χ1v) is 22.6. The number of piperazine rings is 1. The summed E-state index contributed by atoms with van der Waals surface area (Å²) in [4.78, 5) is 60.6. The lowest BCUT2D eigenvalue weighted by atomic mass is 9.96. The molecule has 1 saturated carbocycles. The third-order valence-corrected chi connectivity index (χ3v) is 13.5. The van der Waals surface area contributed by atoms with E-state index < -0.39 is 23.6 Å². The van der Waals surface area contributed by atoms with Crippen LogP contribution in [0.5, 0.6) is 6.01 Å². The minimum Gasteiger partial charge on any atom is -0.463 e. The van der Waals surface area contributed by atoms with E-state index in [9.17, 15) is 18.8 Å². The van der Waals surface area contributed by atoms with Crippen LogP contribution in [0.1, 0.15) is 75.5 Å². The lowest BCUT2D eigenvalue weighted by Crippen LogP contribution is -2.54. The van der Waals surface area contributed by atoms with Crippen LogP contribution in [-0.4, -0.2) is 101 Å². The van der Waals surface area contributed by atoms with Crippen molar-refractivity contribution in [3.8, 4) is 29.6 Å². The van der Waals surface area contributed by atoms with Crippen molar-refractivity contribution in [1.82, 2.24) is 30.1 Å². The molecule has 9 rings (SSSR count). The van der Waals surface area contributed by atoms with Gasteiger partial charge in [0.15, 0.2) is 5.82 Å². The third-order valence-electron chi connectivity index (χ3n) is 13.5. The zero-order valence-corrected chi connectivity index (χ0v) is 36.8. The van der Waals surface area contributed by atoms with Gasteiger partial charge < -0.3 is 14.5 Å². The van der Waals surface area contributed by atoms with Gasteiger partial charge in [-0.05, 0) is 73.6 Å². The molecule has 3 amide bonds. The third kappa shape index (κ3) is 8.63. The number of fused-ring (bicyclic) bond motifs is 2. The molecular formula is C50H54F2N8O4. The predicted octanol–water partition coefficient (Wildman–Crippen LogP) is 7.17. The van der Waals surface area contributed by atoms with Crippen molar-refractivity contribution in [1.29, 1.82) is 0 Å². The molecule has 2 aromatic heterocycles. The number of amides is 3. The van der Waals surface area contributed by atoms with E-state index in [1.54, 1.807) is 36.2 Å². The van der Waals surface area contributed by atoms with Crippen LogP contribution >= 0.6 is 0 Å². The number of piperidine rings is 2. The molecule has 14 heteroatoms. The average molecular weight is 869 g/mol. The highest BCUT2D eigenvalue weighted by Crippen LogP contribution is 2.47. The van der Waals surface area contributed by atoms with Crippen molar-refractivity contribution in [2.75, 3.05) is 62.2 Å². The summed E-state index contributed by atoms with van der Waals surface area (Å²) in [6, 6.07) is 13.7. The number of hydrogen-bond donors (Lipinski definition) is 1. The number of aryl methyl sites for hydroxylation is 1. The second-order valence-electron chi connectivity index (χ2n) is 18.2. The second kappa shape index (κ2) is 17.9. The molecule has 3 aliphatic heterocycles. The van der Waals surface area contributed by atoms with Gasteiger partial charge in [0.1, 0.15) is 28.9 Å². The smallest absolute Gasteiger partial charge is 0.319 e. The Morgan fingerprint density at radius 2 is 1.83 bits per heavy atom. The minimum atomic E-state index is -0.711. The monoisotopic (exact) mass is 868 g/mol. The lowest BCUT2D eigenvalue weighted by Gasteiger charge is -2.37. The number of benzene rings is 3. The molecule has 3 aromatic carbocycles. The Kier molecular flexibility index (Phi) is 12.1. The Bertz CT molecular complexity index is 2690. The van der Waals surface area contributed by atoms with Gasteiger partial charge in [0.25, 0.3) is 0 Å². The fourth-order valence-electron chi connectivity index (χ4n) is 9.83. The number of terminal acetylenes is 1. The van der Waals surface area contributed by atoms with Gasteiger partial charge in [0.05, 0.1) is 17.6 Å². The largest absolute Gasteiger partial charge is 0.463 e. The summed E-state index contributed by atoms with van der Waals surface area (Å²) in [7, 11) is 0. The number of aromatic nitrogens is 3. The number of rotatable bonds is 12. The summed E-state index contributed by atoms with van der Waals surface area (Å²) < 4.78 is 38.4. The first-order valence-electron chi connectivity index (χ1n) is 22.6. The zero-order valence-electron chi connectivity index (χ0n) is 36.8. The highest BCUT2D eigenvalue weighted by atomic mass is 19.1. The molecule has 64 heavy (non-hydrogen) atoms. The molecule has 2 unspecified atom stereocenters. The zero-order chi connectivity index (χ0) is 44.7. The van der Waals surface area contributed by atoms with Crippen LogP contribution in [0.25, 0.3) is 32.9 Å². The molecular weight excluding hydrogens is 815 g/mol. The molecule has 1 aliphatic carbocycles. The van der Waals surface area contributed by atoms with E-state index in [0.29, 0.717) is 52.2 Å². The van der Waals surface area contributed by atoms with Crippen molar-refractivity contribution in [2.24, 2.45) is 11.3 Å². The summed E-state index contributed by atoms with van der Waals surface area (Å²) >= 11 is 0. The first kappa shape index (κ1) is 43.2. The molecule has 5 aromatic rings. The van der Waals surface area contributed by atoms with E-state index in [0.717, 1.165) is 89.2 Å². The van der Waals surface area contributed by atoms with Crippen LogP contribution in [0.4, 0.5) is 20.3 Å². The van der Waals surface area contributed by atoms with Gasteiger partial charge in [-0.2, -0.15) is 9.97 Å². The highest BCUT2D eigenvalue weighted by Gasteiger charge is 2.45. The number of imide groups is 1. The maximum Gasteiger partial charge on any atom is 0.319 e. The molecule has 5 heterocycles. The van der Waals surface area contributed by atoms with E-state index in [1.807, 2.05) is 25.1 Å². The fraction of sp³-hybridized carbons (Fsp3) is 0.440. The Balaban J connectivity index is 0.884. The molecule has 332 valence electrons. The van der Waals surface area contributed by atoms with Crippen LogP contribution in [-0.2, 0) is 20.9 Å². The minimum absolute atomic E-state index is 0.0349. The number of nitrogens with one attached hydrogen (secondary N) is 1. The van der Waals surface area contributed by atoms with Crippen LogP contribution in [0.2, 0.25) is 0 Å². The van der Waals surface area contributed by atoms with Gasteiger partial charge in [0.2, 0.25) is 17.7 Å². The SMILES string of the molecule is C#Cc1c(F)ccc2cccc(-c3ncc4c(N5CCCC(C)C5)nc(OCC5(CN6CCN(Cc7ccc(N(C(=O)CC)C8CCC(=O)NC8=O)c(C)c7)CC6)CC5)nc4c3F)c12. The Hall–Kier alpha value is -6.04. The Morgan fingerprint density at radius 1 is 1.03 bits per heavy atom. The van der Waals surface area contributed by atoms with Crippen LogP contribution in [0.15, 0.2) is 54.7 Å². The quantitative estimate of drug-likeness (QED) is 0.102. The van der Waals surface area contributed by atoms with Crippen molar-refractivity contribution in [2.45, 2.75) is 78.3 Å². The van der Waals surface area contributed by atoms with Gasteiger partial charge in [0, 0.05) is 93.4 Å². The number of hydrogen-bond acceptors (Lipinski definition) is 10. The molecule has 2 atom stereocenters. The first-order chi connectivity index (χ1) is 30.9. The number of nitrogens with zero attached hydrogens (tertiary/aromatic N) is 7. The molecule has 4 aliphatic rings. The van der Waals surface area contributed by atoms with E-state index in [4.69, 9.17) is 21.1 Å². The van der Waals surface area contributed by atoms with E-state index in [2.05, 4.69) is 43.9 Å². The number of halogens is 2.